The molecule has 0 heterocycles. The average Bonchev–Trinajstić information content (AvgIpc) is 2.69. The standard InChI is InChI=1S/C26H28FNO2/c1-16(2)30-23-9-10-24(18(4)13-23)26(29)28-15-22-14-21(7-6-17(22)3)20-8-11-25(27)19(5)12-20/h6-14,16H,15H2,1-5H3,(H,28,29). The van der Waals surface area contributed by atoms with Gasteiger partial charge < -0.3 is 10.1 Å². The second-order valence-electron chi connectivity index (χ2n) is 7.93. The first-order valence-electron chi connectivity index (χ1n) is 10.2. The number of aryl methyl sites for hydroxylation is 3. The minimum absolute atomic E-state index is 0.0872. The molecule has 30 heavy (non-hydrogen) atoms. The second kappa shape index (κ2) is 9.12. The summed E-state index contributed by atoms with van der Waals surface area (Å²) in [6, 6.07) is 16.7. The molecule has 1 amide bonds. The lowest BCUT2D eigenvalue weighted by Crippen LogP contribution is -2.24. The summed E-state index contributed by atoms with van der Waals surface area (Å²) in [6.45, 7) is 10.0. The Morgan fingerprint density at radius 3 is 2.27 bits per heavy atom. The molecule has 0 unspecified atom stereocenters. The first kappa shape index (κ1) is 21.6. The van der Waals surface area contributed by atoms with Crippen LogP contribution in [0.25, 0.3) is 11.1 Å². The molecule has 4 heteroatoms. The van der Waals surface area contributed by atoms with Crippen LogP contribution in [0.4, 0.5) is 4.39 Å². The largest absolute Gasteiger partial charge is 0.491 e. The van der Waals surface area contributed by atoms with Gasteiger partial charge in [-0.25, -0.2) is 4.39 Å². The predicted molar refractivity (Wildman–Crippen MR) is 119 cm³/mol. The van der Waals surface area contributed by atoms with Crippen molar-refractivity contribution in [1.29, 1.82) is 0 Å². The Kier molecular flexibility index (Phi) is 6.56. The Morgan fingerprint density at radius 1 is 0.900 bits per heavy atom. The molecule has 3 rings (SSSR count). The zero-order valence-corrected chi connectivity index (χ0v) is 18.2. The maximum Gasteiger partial charge on any atom is 0.251 e. The van der Waals surface area contributed by atoms with Crippen molar-refractivity contribution in [2.45, 2.75) is 47.3 Å². The van der Waals surface area contributed by atoms with E-state index in [0.29, 0.717) is 17.7 Å². The van der Waals surface area contributed by atoms with Gasteiger partial charge in [0.2, 0.25) is 0 Å². The maximum absolute atomic E-state index is 13.6. The Bertz CT molecular complexity index is 1070. The summed E-state index contributed by atoms with van der Waals surface area (Å²) >= 11 is 0. The van der Waals surface area contributed by atoms with Gasteiger partial charge >= 0.3 is 0 Å². The Balaban J connectivity index is 1.75. The van der Waals surface area contributed by atoms with Gasteiger partial charge in [0.25, 0.3) is 5.91 Å². The van der Waals surface area contributed by atoms with Crippen LogP contribution in [0.1, 0.15) is 46.5 Å². The lowest BCUT2D eigenvalue weighted by atomic mass is 9.98. The smallest absolute Gasteiger partial charge is 0.251 e. The molecular weight excluding hydrogens is 377 g/mol. The van der Waals surface area contributed by atoms with E-state index < -0.39 is 0 Å². The number of carbonyl (C=O) groups is 1. The van der Waals surface area contributed by atoms with Crippen LogP contribution in [0.5, 0.6) is 5.75 Å². The van der Waals surface area contributed by atoms with E-state index in [-0.39, 0.29) is 17.8 Å². The molecule has 0 fully saturated rings. The summed E-state index contributed by atoms with van der Waals surface area (Å²) in [5, 5.41) is 3.02. The fourth-order valence-corrected chi connectivity index (χ4v) is 3.37. The van der Waals surface area contributed by atoms with Crippen molar-refractivity contribution in [3.63, 3.8) is 0 Å². The number of hydrogen-bond donors (Lipinski definition) is 1. The van der Waals surface area contributed by atoms with E-state index in [0.717, 1.165) is 33.6 Å². The molecule has 0 aliphatic rings. The van der Waals surface area contributed by atoms with Crippen molar-refractivity contribution in [1.82, 2.24) is 5.32 Å². The summed E-state index contributed by atoms with van der Waals surface area (Å²) < 4.78 is 19.3. The van der Waals surface area contributed by atoms with Crippen molar-refractivity contribution >= 4 is 5.91 Å². The molecule has 0 saturated carbocycles. The molecule has 0 aliphatic heterocycles. The third kappa shape index (κ3) is 5.07. The number of ether oxygens (including phenoxy) is 1. The molecule has 0 atom stereocenters. The zero-order chi connectivity index (χ0) is 21.8. The maximum atomic E-state index is 13.6. The number of hydrogen-bond acceptors (Lipinski definition) is 2. The fourth-order valence-electron chi connectivity index (χ4n) is 3.37. The SMILES string of the molecule is Cc1cc(-c2ccc(C)c(CNC(=O)c3ccc(OC(C)C)cc3C)c2)ccc1F. The van der Waals surface area contributed by atoms with Gasteiger partial charge in [-0.05, 0) is 104 Å². The topological polar surface area (TPSA) is 38.3 Å². The molecule has 0 radical (unpaired) electrons. The minimum Gasteiger partial charge on any atom is -0.491 e. The highest BCUT2D eigenvalue weighted by atomic mass is 19.1. The van der Waals surface area contributed by atoms with Crippen molar-refractivity contribution < 1.29 is 13.9 Å². The number of amides is 1. The van der Waals surface area contributed by atoms with Gasteiger partial charge in [0.05, 0.1) is 6.10 Å². The molecule has 0 aliphatic carbocycles. The van der Waals surface area contributed by atoms with Crippen LogP contribution in [0.2, 0.25) is 0 Å². The molecule has 0 aromatic heterocycles. The molecule has 1 N–H and O–H groups in total. The highest BCUT2D eigenvalue weighted by Gasteiger charge is 2.12. The summed E-state index contributed by atoms with van der Waals surface area (Å²) in [5.41, 5.74) is 6.20. The Labute approximate surface area is 177 Å². The van der Waals surface area contributed by atoms with Crippen LogP contribution in [-0.2, 0) is 6.54 Å². The quantitative estimate of drug-likeness (QED) is 0.535. The Hall–Kier alpha value is -3.14. The monoisotopic (exact) mass is 405 g/mol. The second-order valence-corrected chi connectivity index (χ2v) is 7.93. The van der Waals surface area contributed by atoms with Crippen LogP contribution in [0.3, 0.4) is 0 Å². The lowest BCUT2D eigenvalue weighted by Gasteiger charge is -2.14. The number of rotatable bonds is 6. The molecule has 0 bridgehead atoms. The van der Waals surface area contributed by atoms with Gasteiger partial charge in [0.15, 0.2) is 0 Å². The third-order valence-electron chi connectivity index (χ3n) is 5.09. The summed E-state index contributed by atoms with van der Waals surface area (Å²) in [5.74, 6) is 0.432. The van der Waals surface area contributed by atoms with E-state index in [2.05, 4.69) is 11.4 Å². The normalized spacial score (nSPS) is 10.9. The van der Waals surface area contributed by atoms with Gasteiger partial charge in [-0.2, -0.15) is 0 Å². The molecule has 0 saturated heterocycles. The summed E-state index contributed by atoms with van der Waals surface area (Å²) in [4.78, 5) is 12.7. The number of carbonyl (C=O) groups excluding carboxylic acids is 1. The van der Waals surface area contributed by atoms with Crippen LogP contribution in [0, 0.1) is 26.6 Å². The minimum atomic E-state index is -0.210. The van der Waals surface area contributed by atoms with Crippen molar-refractivity contribution in [3.8, 4) is 16.9 Å². The highest BCUT2D eigenvalue weighted by molar-refractivity contribution is 5.95. The summed E-state index contributed by atoms with van der Waals surface area (Å²) in [7, 11) is 0. The molecular formula is C26H28FNO2. The van der Waals surface area contributed by atoms with Crippen LogP contribution >= 0.6 is 0 Å². The average molecular weight is 406 g/mol. The van der Waals surface area contributed by atoms with Gasteiger partial charge in [-0.3, -0.25) is 4.79 Å². The van der Waals surface area contributed by atoms with Gasteiger partial charge in [0.1, 0.15) is 11.6 Å². The third-order valence-corrected chi connectivity index (χ3v) is 5.09. The lowest BCUT2D eigenvalue weighted by molar-refractivity contribution is 0.0950. The van der Waals surface area contributed by atoms with E-state index in [4.69, 9.17) is 4.74 Å². The predicted octanol–water partition coefficient (Wildman–Crippen LogP) is 6.14. The van der Waals surface area contributed by atoms with E-state index in [1.54, 1.807) is 19.1 Å². The van der Waals surface area contributed by atoms with E-state index in [9.17, 15) is 9.18 Å². The molecule has 3 aromatic rings. The van der Waals surface area contributed by atoms with Gasteiger partial charge in [-0.15, -0.1) is 0 Å². The van der Waals surface area contributed by atoms with Crippen LogP contribution in [0.15, 0.2) is 54.6 Å². The van der Waals surface area contributed by atoms with E-state index >= 15 is 0 Å². The summed E-state index contributed by atoms with van der Waals surface area (Å²) in [6.07, 6.45) is 0.0872. The molecule has 0 spiro atoms. The van der Waals surface area contributed by atoms with Crippen LogP contribution in [-0.4, -0.2) is 12.0 Å². The van der Waals surface area contributed by atoms with Crippen LogP contribution < -0.4 is 10.1 Å². The highest BCUT2D eigenvalue weighted by Crippen LogP contribution is 2.25. The van der Waals surface area contributed by atoms with E-state index in [1.807, 2.05) is 58.0 Å². The van der Waals surface area contributed by atoms with E-state index in [1.165, 1.54) is 6.07 Å². The molecule has 156 valence electrons. The number of halogens is 1. The van der Waals surface area contributed by atoms with Crippen molar-refractivity contribution in [2.24, 2.45) is 0 Å². The number of benzene rings is 3. The van der Waals surface area contributed by atoms with Gasteiger partial charge in [0, 0.05) is 12.1 Å². The Morgan fingerprint density at radius 2 is 1.60 bits per heavy atom. The zero-order valence-electron chi connectivity index (χ0n) is 18.2. The first-order valence-corrected chi connectivity index (χ1v) is 10.2. The molecule has 3 nitrogen and oxygen atoms in total. The van der Waals surface area contributed by atoms with Crippen molar-refractivity contribution in [3.05, 3.63) is 88.2 Å². The molecule has 3 aromatic carbocycles. The number of nitrogens with one attached hydrogen (secondary N) is 1. The van der Waals surface area contributed by atoms with Crippen molar-refractivity contribution in [2.75, 3.05) is 0 Å². The van der Waals surface area contributed by atoms with Gasteiger partial charge in [-0.1, -0.05) is 18.2 Å². The first-order chi connectivity index (χ1) is 14.2. The fraction of sp³-hybridized carbons (Fsp3) is 0.269.